The lowest BCUT2D eigenvalue weighted by atomic mass is 10.1. The molecule has 0 aliphatic carbocycles. The van der Waals surface area contributed by atoms with Gasteiger partial charge in [0, 0.05) is 21.3 Å². The predicted molar refractivity (Wildman–Crippen MR) is 63.7 cm³/mol. The number of H-pyrrole nitrogens is 1. The van der Waals surface area contributed by atoms with Gasteiger partial charge in [-0.2, -0.15) is 5.10 Å². The van der Waals surface area contributed by atoms with Gasteiger partial charge in [0.15, 0.2) is 0 Å². The minimum Gasteiger partial charge on any atom is -0.388 e. The third-order valence-electron chi connectivity index (χ3n) is 2.13. The topological polar surface area (TPSA) is 74.9 Å². The summed E-state index contributed by atoms with van der Waals surface area (Å²) in [7, 11) is 0. The maximum atomic E-state index is 9.93. The minimum atomic E-state index is -0.612. The van der Waals surface area contributed by atoms with Crippen LogP contribution in [0.15, 0.2) is 22.1 Å². The number of aromatic nitrogens is 2. The number of anilines is 1. The second kappa shape index (κ2) is 4.34. The summed E-state index contributed by atoms with van der Waals surface area (Å²) in [6.07, 6.45) is 1.49. The first kappa shape index (κ1) is 10.7. The van der Waals surface area contributed by atoms with E-state index in [4.69, 9.17) is 5.73 Å². The van der Waals surface area contributed by atoms with Gasteiger partial charge < -0.3 is 10.8 Å². The van der Waals surface area contributed by atoms with Crippen molar-refractivity contribution in [3.05, 3.63) is 32.6 Å². The third-order valence-corrected chi connectivity index (χ3v) is 4.08. The molecule has 0 radical (unpaired) electrons. The summed E-state index contributed by atoms with van der Waals surface area (Å²) in [5, 5.41) is 18.3. The minimum absolute atomic E-state index is 0.426. The molecule has 2 heterocycles. The number of hydrogen-bond donors (Lipinski definition) is 3. The zero-order valence-electron chi connectivity index (χ0n) is 7.77. The standard InChI is InChI=1S/C9H10BrN3OS/c10-6-1-2-15-8(6)3-7(14)5-4-12-13-9(5)11/h1-2,4,7,14H,3H2,(H3,11,12,13). The van der Waals surface area contributed by atoms with Gasteiger partial charge in [-0.1, -0.05) is 0 Å². The van der Waals surface area contributed by atoms with E-state index >= 15 is 0 Å². The lowest BCUT2D eigenvalue weighted by Crippen LogP contribution is -2.03. The maximum absolute atomic E-state index is 9.93. The Morgan fingerprint density at radius 3 is 3.00 bits per heavy atom. The van der Waals surface area contributed by atoms with E-state index in [0.29, 0.717) is 17.8 Å². The average Bonchev–Trinajstić information content (AvgIpc) is 2.76. The number of aliphatic hydroxyl groups excluding tert-OH is 1. The molecule has 0 saturated heterocycles. The second-order valence-electron chi connectivity index (χ2n) is 3.15. The molecule has 4 N–H and O–H groups in total. The van der Waals surface area contributed by atoms with Crippen LogP contribution in [0.25, 0.3) is 0 Å². The highest BCUT2D eigenvalue weighted by atomic mass is 79.9. The van der Waals surface area contributed by atoms with Gasteiger partial charge >= 0.3 is 0 Å². The molecule has 0 amide bonds. The number of hydrogen-bond acceptors (Lipinski definition) is 4. The number of aromatic amines is 1. The number of halogens is 1. The number of nitrogens with zero attached hydrogens (tertiary/aromatic N) is 1. The fourth-order valence-electron chi connectivity index (χ4n) is 1.33. The lowest BCUT2D eigenvalue weighted by molar-refractivity contribution is 0.180. The molecule has 0 aliphatic heterocycles. The highest BCUT2D eigenvalue weighted by Crippen LogP contribution is 2.29. The van der Waals surface area contributed by atoms with Crippen LogP contribution in [0, 0.1) is 0 Å². The van der Waals surface area contributed by atoms with Crippen molar-refractivity contribution < 1.29 is 5.11 Å². The van der Waals surface area contributed by atoms with E-state index in [-0.39, 0.29) is 0 Å². The van der Waals surface area contributed by atoms with E-state index in [1.54, 1.807) is 17.5 Å². The molecule has 15 heavy (non-hydrogen) atoms. The zero-order chi connectivity index (χ0) is 10.8. The van der Waals surface area contributed by atoms with Crippen molar-refractivity contribution in [1.82, 2.24) is 10.2 Å². The van der Waals surface area contributed by atoms with Gasteiger partial charge in [-0.05, 0) is 27.4 Å². The molecule has 0 fully saturated rings. The van der Waals surface area contributed by atoms with Crippen LogP contribution in [0.1, 0.15) is 16.5 Å². The van der Waals surface area contributed by atoms with Gasteiger partial charge in [0.25, 0.3) is 0 Å². The monoisotopic (exact) mass is 287 g/mol. The number of rotatable bonds is 3. The van der Waals surface area contributed by atoms with Crippen molar-refractivity contribution in [2.45, 2.75) is 12.5 Å². The van der Waals surface area contributed by atoms with Crippen molar-refractivity contribution in [2.24, 2.45) is 0 Å². The normalized spacial score (nSPS) is 12.9. The fourth-order valence-corrected chi connectivity index (χ4v) is 2.88. The number of nitrogens with one attached hydrogen (secondary N) is 1. The van der Waals surface area contributed by atoms with Gasteiger partial charge in [-0.15, -0.1) is 11.3 Å². The van der Waals surface area contributed by atoms with Gasteiger partial charge in [0.2, 0.25) is 0 Å². The molecule has 0 aliphatic rings. The molecule has 2 aromatic heterocycles. The number of aliphatic hydroxyl groups is 1. The molecule has 0 saturated carbocycles. The fraction of sp³-hybridized carbons (Fsp3) is 0.222. The van der Waals surface area contributed by atoms with Crippen molar-refractivity contribution in [3.8, 4) is 0 Å². The predicted octanol–water partition coefficient (Wildman–Crippen LogP) is 2.09. The van der Waals surface area contributed by atoms with Crippen LogP contribution >= 0.6 is 27.3 Å². The van der Waals surface area contributed by atoms with E-state index in [9.17, 15) is 5.11 Å². The summed E-state index contributed by atoms with van der Waals surface area (Å²) in [5.74, 6) is 0.426. The summed E-state index contributed by atoms with van der Waals surface area (Å²) < 4.78 is 1.02. The molecular formula is C9H10BrN3OS. The summed E-state index contributed by atoms with van der Waals surface area (Å²) >= 11 is 5.02. The molecular weight excluding hydrogens is 278 g/mol. The average molecular weight is 288 g/mol. The molecule has 0 bridgehead atoms. The summed E-state index contributed by atoms with van der Waals surface area (Å²) in [6, 6.07) is 1.96. The number of nitrogens with two attached hydrogens (primary N) is 1. The Morgan fingerprint density at radius 2 is 2.47 bits per heavy atom. The first-order valence-corrected chi connectivity index (χ1v) is 6.04. The molecule has 1 atom stereocenters. The Kier molecular flexibility index (Phi) is 3.08. The van der Waals surface area contributed by atoms with E-state index in [0.717, 1.165) is 9.35 Å². The van der Waals surface area contributed by atoms with Crippen LogP contribution in [0.2, 0.25) is 0 Å². The number of thiophene rings is 1. The Balaban J connectivity index is 2.14. The SMILES string of the molecule is Nc1[nH]ncc1C(O)Cc1sccc1Br. The zero-order valence-corrected chi connectivity index (χ0v) is 10.2. The quantitative estimate of drug-likeness (QED) is 0.809. The van der Waals surface area contributed by atoms with E-state index in [2.05, 4.69) is 26.1 Å². The van der Waals surface area contributed by atoms with Gasteiger partial charge in [-0.25, -0.2) is 0 Å². The molecule has 1 unspecified atom stereocenters. The summed E-state index contributed by atoms with van der Waals surface area (Å²) in [5.41, 5.74) is 6.27. The van der Waals surface area contributed by atoms with E-state index in [1.807, 2.05) is 11.4 Å². The van der Waals surface area contributed by atoms with Crippen LogP contribution in [0.5, 0.6) is 0 Å². The smallest absolute Gasteiger partial charge is 0.124 e. The van der Waals surface area contributed by atoms with Crippen LogP contribution < -0.4 is 5.73 Å². The third kappa shape index (κ3) is 2.22. The van der Waals surface area contributed by atoms with Gasteiger partial charge in [-0.3, -0.25) is 5.10 Å². The molecule has 2 rings (SSSR count). The van der Waals surface area contributed by atoms with E-state index < -0.39 is 6.10 Å². The highest BCUT2D eigenvalue weighted by Gasteiger charge is 2.15. The maximum Gasteiger partial charge on any atom is 0.124 e. The van der Waals surface area contributed by atoms with Crippen molar-refractivity contribution >= 4 is 33.1 Å². The first-order valence-electron chi connectivity index (χ1n) is 4.37. The Labute approximate surface area is 99.3 Å². The molecule has 6 heteroatoms. The van der Waals surface area contributed by atoms with Crippen LogP contribution in [-0.4, -0.2) is 15.3 Å². The Bertz CT molecular complexity index is 454. The van der Waals surface area contributed by atoms with Gasteiger partial charge in [0.1, 0.15) is 5.82 Å². The van der Waals surface area contributed by atoms with Crippen molar-refractivity contribution in [2.75, 3.05) is 5.73 Å². The number of nitrogen functional groups attached to an aromatic ring is 1. The summed E-state index contributed by atoms with van der Waals surface area (Å²) in [4.78, 5) is 1.10. The molecule has 80 valence electrons. The Morgan fingerprint density at radius 1 is 1.67 bits per heavy atom. The molecule has 4 nitrogen and oxygen atoms in total. The van der Waals surface area contributed by atoms with Gasteiger partial charge in [0.05, 0.1) is 12.3 Å². The van der Waals surface area contributed by atoms with Crippen LogP contribution in [0.4, 0.5) is 5.82 Å². The molecule has 2 aromatic rings. The van der Waals surface area contributed by atoms with Crippen molar-refractivity contribution in [1.29, 1.82) is 0 Å². The Hall–Kier alpha value is -0.850. The largest absolute Gasteiger partial charge is 0.388 e. The van der Waals surface area contributed by atoms with Crippen molar-refractivity contribution in [3.63, 3.8) is 0 Å². The molecule has 0 spiro atoms. The molecule has 0 aromatic carbocycles. The second-order valence-corrected chi connectivity index (χ2v) is 5.01. The summed E-state index contributed by atoms with van der Waals surface area (Å²) in [6.45, 7) is 0. The van der Waals surface area contributed by atoms with Crippen LogP contribution in [-0.2, 0) is 6.42 Å². The first-order chi connectivity index (χ1) is 7.18. The lowest BCUT2D eigenvalue weighted by Gasteiger charge is -2.08. The van der Waals surface area contributed by atoms with E-state index in [1.165, 1.54) is 0 Å². The highest BCUT2D eigenvalue weighted by molar-refractivity contribution is 9.10. The van der Waals surface area contributed by atoms with Crippen LogP contribution in [0.3, 0.4) is 0 Å².